The van der Waals surface area contributed by atoms with Gasteiger partial charge in [-0.2, -0.15) is 0 Å². The number of thiophene rings is 1. The first-order valence-corrected chi connectivity index (χ1v) is 8.42. The van der Waals surface area contributed by atoms with Crippen LogP contribution >= 0.6 is 23.1 Å². The molecule has 0 bridgehead atoms. The number of aliphatic hydroxyl groups is 1. The lowest BCUT2D eigenvalue weighted by Crippen LogP contribution is -2.60. The molecule has 4 heteroatoms. The first kappa shape index (κ1) is 13.0. The van der Waals surface area contributed by atoms with Gasteiger partial charge in [-0.25, -0.2) is 0 Å². The van der Waals surface area contributed by atoms with E-state index in [9.17, 15) is 5.11 Å². The molecule has 3 unspecified atom stereocenters. The molecule has 0 radical (unpaired) electrons. The van der Waals surface area contributed by atoms with Gasteiger partial charge in [-0.15, -0.1) is 23.1 Å². The third-order valence-corrected chi connectivity index (χ3v) is 6.87. The van der Waals surface area contributed by atoms with Crippen molar-refractivity contribution in [3.05, 3.63) is 17.0 Å². The molecule has 100 valence electrons. The molecule has 18 heavy (non-hydrogen) atoms. The fourth-order valence-electron chi connectivity index (χ4n) is 2.94. The summed E-state index contributed by atoms with van der Waals surface area (Å²) in [6.07, 6.45) is 1.94. The van der Waals surface area contributed by atoms with E-state index in [0.717, 1.165) is 6.42 Å². The van der Waals surface area contributed by atoms with Crippen LogP contribution in [-0.4, -0.2) is 22.5 Å². The van der Waals surface area contributed by atoms with E-state index in [0.29, 0.717) is 17.3 Å². The molecule has 1 saturated carbocycles. The summed E-state index contributed by atoms with van der Waals surface area (Å²) in [7, 11) is 0. The highest BCUT2D eigenvalue weighted by Crippen LogP contribution is 2.47. The van der Waals surface area contributed by atoms with Gasteiger partial charge in [0.15, 0.2) is 0 Å². The molecule has 0 saturated heterocycles. The molecule has 0 spiro atoms. The summed E-state index contributed by atoms with van der Waals surface area (Å²) >= 11 is 3.86. The number of fused-ring (bicyclic) bond motifs is 1. The highest BCUT2D eigenvalue weighted by molar-refractivity contribution is 8.01. The van der Waals surface area contributed by atoms with Crippen molar-refractivity contribution in [3.63, 3.8) is 0 Å². The van der Waals surface area contributed by atoms with Crippen molar-refractivity contribution >= 4 is 23.1 Å². The van der Waals surface area contributed by atoms with Crippen LogP contribution < -0.4 is 5.32 Å². The van der Waals surface area contributed by atoms with Crippen LogP contribution in [0.1, 0.15) is 45.2 Å². The first-order valence-electron chi connectivity index (χ1n) is 6.66. The highest BCUT2D eigenvalue weighted by Gasteiger charge is 2.48. The SMILES string of the molecule is C[C@H]1CC(NC2CC(O)C2(C)C)c2ccsc2S1. The van der Waals surface area contributed by atoms with Crippen LogP contribution in [0.25, 0.3) is 0 Å². The molecular weight excluding hydrogens is 262 g/mol. The van der Waals surface area contributed by atoms with Gasteiger partial charge in [-0.05, 0) is 29.9 Å². The molecule has 1 aliphatic heterocycles. The third kappa shape index (κ3) is 2.03. The maximum absolute atomic E-state index is 9.84. The summed E-state index contributed by atoms with van der Waals surface area (Å²) in [5.74, 6) is 0. The Balaban J connectivity index is 1.75. The van der Waals surface area contributed by atoms with Crippen molar-refractivity contribution in [1.82, 2.24) is 5.32 Å². The van der Waals surface area contributed by atoms with E-state index in [1.807, 2.05) is 23.1 Å². The van der Waals surface area contributed by atoms with E-state index < -0.39 is 0 Å². The van der Waals surface area contributed by atoms with Crippen LogP contribution in [0.3, 0.4) is 0 Å². The minimum absolute atomic E-state index is 0.0179. The van der Waals surface area contributed by atoms with E-state index in [-0.39, 0.29) is 11.5 Å². The third-order valence-electron chi connectivity index (χ3n) is 4.53. The van der Waals surface area contributed by atoms with Crippen LogP contribution in [0.15, 0.2) is 15.7 Å². The lowest BCUT2D eigenvalue weighted by Gasteiger charge is -2.51. The van der Waals surface area contributed by atoms with Crippen LogP contribution in [0.5, 0.6) is 0 Å². The van der Waals surface area contributed by atoms with Crippen molar-refractivity contribution in [1.29, 1.82) is 0 Å². The summed E-state index contributed by atoms with van der Waals surface area (Å²) < 4.78 is 1.48. The Labute approximate surface area is 117 Å². The minimum Gasteiger partial charge on any atom is -0.392 e. The van der Waals surface area contributed by atoms with Gasteiger partial charge in [0.2, 0.25) is 0 Å². The van der Waals surface area contributed by atoms with E-state index >= 15 is 0 Å². The summed E-state index contributed by atoms with van der Waals surface area (Å²) in [5, 5.41) is 16.5. The summed E-state index contributed by atoms with van der Waals surface area (Å²) in [6, 6.07) is 3.18. The Morgan fingerprint density at radius 3 is 2.83 bits per heavy atom. The summed E-state index contributed by atoms with van der Waals surface area (Å²) in [5.41, 5.74) is 1.49. The number of hydrogen-bond donors (Lipinski definition) is 2. The normalized spacial score (nSPS) is 38.0. The van der Waals surface area contributed by atoms with Gasteiger partial charge >= 0.3 is 0 Å². The average molecular weight is 283 g/mol. The lowest BCUT2D eigenvalue weighted by molar-refractivity contribution is -0.0764. The second-order valence-corrected chi connectivity index (χ2v) is 8.80. The summed E-state index contributed by atoms with van der Waals surface area (Å²) in [4.78, 5) is 0. The molecule has 1 fully saturated rings. The minimum atomic E-state index is -0.146. The molecule has 2 aliphatic rings. The zero-order valence-corrected chi connectivity index (χ0v) is 12.8. The number of aliphatic hydroxyl groups excluding tert-OH is 1. The van der Waals surface area contributed by atoms with Crippen molar-refractivity contribution in [2.75, 3.05) is 0 Å². The topological polar surface area (TPSA) is 32.3 Å². The monoisotopic (exact) mass is 283 g/mol. The molecule has 4 atom stereocenters. The molecule has 1 aromatic heterocycles. The highest BCUT2D eigenvalue weighted by atomic mass is 32.2. The molecule has 0 aromatic carbocycles. The zero-order chi connectivity index (χ0) is 12.9. The van der Waals surface area contributed by atoms with Gasteiger partial charge in [-0.3, -0.25) is 0 Å². The number of nitrogens with one attached hydrogen (secondary N) is 1. The number of hydrogen-bond acceptors (Lipinski definition) is 4. The van der Waals surface area contributed by atoms with E-state index in [2.05, 4.69) is 37.5 Å². The van der Waals surface area contributed by atoms with Gasteiger partial charge in [0.1, 0.15) is 0 Å². The van der Waals surface area contributed by atoms with Gasteiger partial charge in [-0.1, -0.05) is 20.8 Å². The molecule has 2 heterocycles. The van der Waals surface area contributed by atoms with Crippen molar-refractivity contribution in [3.8, 4) is 0 Å². The molecule has 1 aliphatic carbocycles. The lowest BCUT2D eigenvalue weighted by atomic mass is 9.64. The molecule has 2 nitrogen and oxygen atoms in total. The van der Waals surface area contributed by atoms with Crippen molar-refractivity contribution < 1.29 is 5.11 Å². The fourth-order valence-corrected chi connectivity index (χ4v) is 5.50. The maximum atomic E-state index is 9.84. The van der Waals surface area contributed by atoms with E-state index in [1.54, 1.807) is 0 Å². The van der Waals surface area contributed by atoms with Crippen LogP contribution in [0.4, 0.5) is 0 Å². The predicted molar refractivity (Wildman–Crippen MR) is 78.3 cm³/mol. The average Bonchev–Trinajstić information content (AvgIpc) is 2.76. The fraction of sp³-hybridized carbons (Fsp3) is 0.714. The molecular formula is C14H21NOS2. The smallest absolute Gasteiger partial charge is 0.0649 e. The van der Waals surface area contributed by atoms with Crippen molar-refractivity contribution in [2.45, 2.75) is 61.3 Å². The second kappa shape index (κ2) is 4.51. The zero-order valence-electron chi connectivity index (χ0n) is 11.1. The van der Waals surface area contributed by atoms with Gasteiger partial charge < -0.3 is 10.4 Å². The standard InChI is InChI=1S/C14H21NOS2/c1-8-6-10(9-4-5-17-13(9)18-8)15-11-7-12(16)14(11,2)3/h4-5,8,10-12,15-16H,6-7H2,1-3H3/t8-,10?,11?,12?/m0/s1. The van der Waals surface area contributed by atoms with E-state index in [4.69, 9.17) is 0 Å². The molecule has 3 rings (SSSR count). The largest absolute Gasteiger partial charge is 0.392 e. The van der Waals surface area contributed by atoms with Crippen molar-refractivity contribution in [2.24, 2.45) is 5.41 Å². The number of rotatable bonds is 2. The molecule has 2 N–H and O–H groups in total. The van der Waals surface area contributed by atoms with Crippen LogP contribution in [0, 0.1) is 5.41 Å². The van der Waals surface area contributed by atoms with Gasteiger partial charge in [0.25, 0.3) is 0 Å². The Kier molecular flexibility index (Phi) is 3.25. The van der Waals surface area contributed by atoms with Crippen LogP contribution in [0.2, 0.25) is 0 Å². The first-order chi connectivity index (χ1) is 8.48. The van der Waals surface area contributed by atoms with Crippen LogP contribution in [-0.2, 0) is 0 Å². The summed E-state index contributed by atoms with van der Waals surface area (Å²) in [6.45, 7) is 6.63. The second-order valence-electron chi connectivity index (χ2n) is 6.17. The quantitative estimate of drug-likeness (QED) is 0.872. The molecule has 0 amide bonds. The molecule has 1 aromatic rings. The van der Waals surface area contributed by atoms with E-state index in [1.165, 1.54) is 16.2 Å². The maximum Gasteiger partial charge on any atom is 0.0649 e. The Hall–Kier alpha value is -0.0300. The Morgan fingerprint density at radius 1 is 1.39 bits per heavy atom. The van der Waals surface area contributed by atoms with Gasteiger partial charge in [0, 0.05) is 22.7 Å². The predicted octanol–water partition coefficient (Wildman–Crippen LogP) is 3.42. The van der Waals surface area contributed by atoms with Gasteiger partial charge in [0.05, 0.1) is 10.3 Å². The Morgan fingerprint density at radius 2 is 2.17 bits per heavy atom. The Bertz CT molecular complexity index is 443. The number of thioether (sulfide) groups is 1.